The van der Waals surface area contributed by atoms with Gasteiger partial charge in [0.05, 0.1) is 0 Å². The SMILES string of the molecule is NCC1CCC(C(=O)Nc2cccc(O)c2)CC1. The van der Waals surface area contributed by atoms with Gasteiger partial charge in [-0.2, -0.15) is 0 Å². The van der Waals surface area contributed by atoms with E-state index < -0.39 is 0 Å². The van der Waals surface area contributed by atoms with Crippen LogP contribution in [-0.4, -0.2) is 17.6 Å². The van der Waals surface area contributed by atoms with E-state index in [-0.39, 0.29) is 17.6 Å². The number of benzene rings is 1. The average Bonchev–Trinajstić information content (AvgIpc) is 2.39. The van der Waals surface area contributed by atoms with Gasteiger partial charge in [-0.25, -0.2) is 0 Å². The van der Waals surface area contributed by atoms with Crippen LogP contribution in [0.1, 0.15) is 25.7 Å². The molecular weight excluding hydrogens is 228 g/mol. The van der Waals surface area contributed by atoms with Gasteiger partial charge in [-0.05, 0) is 50.3 Å². The van der Waals surface area contributed by atoms with Crippen LogP contribution in [0.5, 0.6) is 5.75 Å². The molecule has 0 aromatic heterocycles. The smallest absolute Gasteiger partial charge is 0.227 e. The van der Waals surface area contributed by atoms with Gasteiger partial charge in [0.15, 0.2) is 0 Å². The molecule has 0 radical (unpaired) electrons. The zero-order valence-corrected chi connectivity index (χ0v) is 10.4. The number of nitrogens with two attached hydrogens (primary N) is 1. The number of rotatable bonds is 3. The first kappa shape index (κ1) is 12.9. The number of carbonyl (C=O) groups is 1. The van der Waals surface area contributed by atoms with Crippen LogP contribution in [-0.2, 0) is 4.79 Å². The van der Waals surface area contributed by atoms with Crippen LogP contribution in [0.4, 0.5) is 5.69 Å². The minimum atomic E-state index is 0.0519. The Hall–Kier alpha value is -1.55. The number of hydrogen-bond donors (Lipinski definition) is 3. The lowest BCUT2D eigenvalue weighted by molar-refractivity contribution is -0.121. The summed E-state index contributed by atoms with van der Waals surface area (Å²) in [4.78, 5) is 12.0. The van der Waals surface area contributed by atoms with E-state index in [1.165, 1.54) is 0 Å². The Balaban J connectivity index is 1.89. The third kappa shape index (κ3) is 3.23. The number of aromatic hydroxyl groups is 1. The van der Waals surface area contributed by atoms with Crippen LogP contribution in [0.15, 0.2) is 24.3 Å². The van der Waals surface area contributed by atoms with Crippen LogP contribution in [0.3, 0.4) is 0 Å². The van der Waals surface area contributed by atoms with Crippen molar-refractivity contribution >= 4 is 11.6 Å². The van der Waals surface area contributed by atoms with Gasteiger partial charge in [0.25, 0.3) is 0 Å². The normalized spacial score (nSPS) is 23.6. The molecule has 0 unspecified atom stereocenters. The van der Waals surface area contributed by atoms with E-state index in [0.29, 0.717) is 11.6 Å². The van der Waals surface area contributed by atoms with Crippen LogP contribution in [0.25, 0.3) is 0 Å². The lowest BCUT2D eigenvalue weighted by Gasteiger charge is -2.26. The third-order valence-electron chi connectivity index (χ3n) is 3.66. The van der Waals surface area contributed by atoms with E-state index >= 15 is 0 Å². The minimum Gasteiger partial charge on any atom is -0.508 e. The molecule has 0 bridgehead atoms. The second-order valence-electron chi connectivity index (χ2n) is 4.99. The second-order valence-corrected chi connectivity index (χ2v) is 4.99. The summed E-state index contributed by atoms with van der Waals surface area (Å²) in [5.74, 6) is 0.876. The molecule has 0 saturated heterocycles. The molecule has 0 heterocycles. The van der Waals surface area contributed by atoms with E-state index in [1.807, 2.05) is 0 Å². The van der Waals surface area contributed by atoms with Crippen molar-refractivity contribution in [1.82, 2.24) is 0 Å². The lowest BCUT2D eigenvalue weighted by atomic mass is 9.81. The molecule has 1 saturated carbocycles. The van der Waals surface area contributed by atoms with Gasteiger partial charge >= 0.3 is 0 Å². The first-order valence-electron chi connectivity index (χ1n) is 6.49. The predicted octanol–water partition coefficient (Wildman–Crippen LogP) is 2.10. The van der Waals surface area contributed by atoms with Crippen LogP contribution in [0.2, 0.25) is 0 Å². The van der Waals surface area contributed by atoms with Crippen LogP contribution in [0, 0.1) is 11.8 Å². The van der Waals surface area contributed by atoms with Crippen molar-refractivity contribution in [2.75, 3.05) is 11.9 Å². The maximum atomic E-state index is 12.0. The van der Waals surface area contributed by atoms with Crippen molar-refractivity contribution in [2.24, 2.45) is 17.6 Å². The second kappa shape index (κ2) is 5.87. The molecule has 0 aliphatic heterocycles. The van der Waals surface area contributed by atoms with E-state index in [1.54, 1.807) is 24.3 Å². The molecule has 1 aromatic carbocycles. The maximum Gasteiger partial charge on any atom is 0.227 e. The van der Waals surface area contributed by atoms with Gasteiger partial charge in [0, 0.05) is 17.7 Å². The van der Waals surface area contributed by atoms with Gasteiger partial charge in [-0.1, -0.05) is 6.07 Å². The Kier molecular flexibility index (Phi) is 4.20. The molecule has 4 N–H and O–H groups in total. The summed E-state index contributed by atoms with van der Waals surface area (Å²) in [6.45, 7) is 0.723. The molecule has 1 aromatic rings. The molecule has 1 aliphatic carbocycles. The van der Waals surface area contributed by atoms with Crippen molar-refractivity contribution in [2.45, 2.75) is 25.7 Å². The fraction of sp³-hybridized carbons (Fsp3) is 0.500. The first-order valence-corrected chi connectivity index (χ1v) is 6.49. The van der Waals surface area contributed by atoms with Crippen molar-refractivity contribution in [3.8, 4) is 5.75 Å². The van der Waals surface area contributed by atoms with Gasteiger partial charge in [-0.15, -0.1) is 0 Å². The summed E-state index contributed by atoms with van der Waals surface area (Å²) >= 11 is 0. The van der Waals surface area contributed by atoms with Crippen molar-refractivity contribution in [3.05, 3.63) is 24.3 Å². The quantitative estimate of drug-likeness (QED) is 0.766. The molecule has 1 amide bonds. The minimum absolute atomic E-state index is 0.0519. The average molecular weight is 248 g/mol. The summed E-state index contributed by atoms with van der Waals surface area (Å²) in [7, 11) is 0. The molecular formula is C14H20N2O2. The molecule has 4 nitrogen and oxygen atoms in total. The highest BCUT2D eigenvalue weighted by Crippen LogP contribution is 2.29. The Bertz CT molecular complexity index is 412. The molecule has 18 heavy (non-hydrogen) atoms. The fourth-order valence-electron chi connectivity index (χ4n) is 2.49. The number of phenolic OH excluding ortho intramolecular Hbond substituents is 1. The van der Waals surface area contributed by atoms with Crippen molar-refractivity contribution in [3.63, 3.8) is 0 Å². The van der Waals surface area contributed by atoms with Gasteiger partial charge in [0.1, 0.15) is 5.75 Å². The van der Waals surface area contributed by atoms with Gasteiger partial charge in [-0.3, -0.25) is 4.79 Å². The lowest BCUT2D eigenvalue weighted by Crippen LogP contribution is -2.29. The van der Waals surface area contributed by atoms with Gasteiger partial charge < -0.3 is 16.2 Å². The summed E-state index contributed by atoms with van der Waals surface area (Å²) in [5.41, 5.74) is 6.29. The summed E-state index contributed by atoms with van der Waals surface area (Å²) in [5, 5.41) is 12.2. The van der Waals surface area contributed by atoms with E-state index in [0.717, 1.165) is 32.2 Å². The molecule has 0 atom stereocenters. The molecule has 1 aliphatic rings. The molecule has 4 heteroatoms. The topological polar surface area (TPSA) is 75.4 Å². The van der Waals surface area contributed by atoms with Crippen LogP contribution >= 0.6 is 0 Å². The first-order chi connectivity index (χ1) is 8.69. The standard InChI is InChI=1S/C14H20N2O2/c15-9-10-4-6-11(7-5-10)14(18)16-12-2-1-3-13(17)8-12/h1-3,8,10-11,17H,4-7,9,15H2,(H,16,18). The van der Waals surface area contributed by atoms with Crippen molar-refractivity contribution in [1.29, 1.82) is 0 Å². The number of nitrogens with one attached hydrogen (secondary N) is 1. The number of carbonyl (C=O) groups excluding carboxylic acids is 1. The maximum absolute atomic E-state index is 12.0. The van der Waals surface area contributed by atoms with E-state index in [2.05, 4.69) is 5.32 Å². The highest BCUT2D eigenvalue weighted by Gasteiger charge is 2.25. The summed E-state index contributed by atoms with van der Waals surface area (Å²) < 4.78 is 0. The highest BCUT2D eigenvalue weighted by molar-refractivity contribution is 5.92. The van der Waals surface area contributed by atoms with E-state index in [9.17, 15) is 9.90 Å². The Morgan fingerprint density at radius 3 is 2.67 bits per heavy atom. The molecule has 98 valence electrons. The number of amides is 1. The number of anilines is 1. The highest BCUT2D eigenvalue weighted by atomic mass is 16.3. The zero-order chi connectivity index (χ0) is 13.0. The Morgan fingerprint density at radius 1 is 1.33 bits per heavy atom. The monoisotopic (exact) mass is 248 g/mol. The third-order valence-corrected chi connectivity index (χ3v) is 3.66. The van der Waals surface area contributed by atoms with Crippen LogP contribution < -0.4 is 11.1 Å². The Morgan fingerprint density at radius 2 is 2.06 bits per heavy atom. The van der Waals surface area contributed by atoms with Gasteiger partial charge in [0.2, 0.25) is 5.91 Å². The van der Waals surface area contributed by atoms with Crippen molar-refractivity contribution < 1.29 is 9.90 Å². The number of phenols is 1. The molecule has 0 spiro atoms. The largest absolute Gasteiger partial charge is 0.508 e. The van der Waals surface area contributed by atoms with E-state index in [4.69, 9.17) is 5.73 Å². The molecule has 1 fully saturated rings. The zero-order valence-electron chi connectivity index (χ0n) is 10.4. The summed E-state index contributed by atoms with van der Waals surface area (Å²) in [6.07, 6.45) is 3.89. The summed E-state index contributed by atoms with van der Waals surface area (Å²) in [6, 6.07) is 6.64. The number of hydrogen-bond acceptors (Lipinski definition) is 3. The fourth-order valence-corrected chi connectivity index (χ4v) is 2.49. The Labute approximate surface area is 107 Å². The molecule has 2 rings (SSSR count). The predicted molar refractivity (Wildman–Crippen MR) is 71.2 cm³/mol.